The molecule has 12 rings (SSSR count). The first-order chi connectivity index (χ1) is 27.3. The van der Waals surface area contributed by atoms with Gasteiger partial charge in [-0.2, -0.15) is 0 Å². The maximum Gasteiger partial charge on any atom is 0.126 e. The fourth-order valence-electron chi connectivity index (χ4n) is 12.8. The van der Waals surface area contributed by atoms with Gasteiger partial charge in [0.2, 0.25) is 0 Å². The summed E-state index contributed by atoms with van der Waals surface area (Å²) in [7, 11) is 0. The van der Waals surface area contributed by atoms with Crippen LogP contribution in [0.2, 0.25) is 0 Å². The van der Waals surface area contributed by atoms with Crippen molar-refractivity contribution in [2.24, 2.45) is 46.8 Å². The molecule has 0 radical (unpaired) electrons. The topological polar surface area (TPSA) is 12.5 Å². The van der Waals surface area contributed by atoms with Crippen molar-refractivity contribution in [3.8, 4) is 5.75 Å². The van der Waals surface area contributed by atoms with Crippen LogP contribution in [0.3, 0.4) is 0 Å². The molecule has 2 fully saturated rings. The monoisotopic (exact) mass is 711 g/mol. The van der Waals surface area contributed by atoms with Gasteiger partial charge in [0.05, 0.1) is 0 Å². The van der Waals surface area contributed by atoms with E-state index in [0.717, 1.165) is 18.6 Å². The Kier molecular flexibility index (Phi) is 7.04. The van der Waals surface area contributed by atoms with Gasteiger partial charge in [-0.25, -0.2) is 0 Å². The molecule has 2 nitrogen and oxygen atoms in total. The molecule has 4 aromatic carbocycles. The lowest BCUT2D eigenvalue weighted by atomic mass is 9.59. The summed E-state index contributed by atoms with van der Waals surface area (Å²) in [5.74, 6) is 4.29. The summed E-state index contributed by atoms with van der Waals surface area (Å²) >= 11 is 0. The van der Waals surface area contributed by atoms with Crippen molar-refractivity contribution in [1.29, 1.82) is 0 Å². The molecule has 11 atom stereocenters. The zero-order chi connectivity index (χ0) is 36.1. The summed E-state index contributed by atoms with van der Waals surface area (Å²) in [6, 6.07) is 35.9. The second-order valence-electron chi connectivity index (χ2n) is 16.9. The molecule has 11 unspecified atom stereocenters. The van der Waals surface area contributed by atoms with Gasteiger partial charge >= 0.3 is 0 Å². The molecule has 1 aliphatic heterocycles. The summed E-state index contributed by atoms with van der Waals surface area (Å²) in [6.45, 7) is 0. The highest BCUT2D eigenvalue weighted by atomic mass is 16.5. The molecule has 2 heteroatoms. The zero-order valence-electron chi connectivity index (χ0n) is 30.9. The number of rotatable bonds is 4. The minimum absolute atomic E-state index is 0.0246. The van der Waals surface area contributed by atoms with E-state index in [0.29, 0.717) is 41.4 Å². The molecule has 2 saturated carbocycles. The van der Waals surface area contributed by atoms with Crippen LogP contribution in [0.1, 0.15) is 29.9 Å². The molecule has 0 aromatic heterocycles. The Labute approximate surface area is 324 Å². The van der Waals surface area contributed by atoms with Gasteiger partial charge in [0, 0.05) is 39.7 Å². The summed E-state index contributed by atoms with van der Waals surface area (Å²) < 4.78 is 6.68. The molecular formula is C53H45NO. The van der Waals surface area contributed by atoms with E-state index in [1.807, 2.05) is 0 Å². The van der Waals surface area contributed by atoms with E-state index in [-0.39, 0.29) is 23.5 Å². The van der Waals surface area contributed by atoms with Gasteiger partial charge in [0.15, 0.2) is 0 Å². The molecule has 0 bridgehead atoms. The third kappa shape index (κ3) is 4.49. The van der Waals surface area contributed by atoms with Crippen LogP contribution >= 0.6 is 0 Å². The molecule has 1 heterocycles. The largest absolute Gasteiger partial charge is 0.485 e. The Balaban J connectivity index is 1.08. The normalized spacial score (nSPS) is 35.2. The van der Waals surface area contributed by atoms with E-state index in [4.69, 9.17) is 4.74 Å². The summed E-state index contributed by atoms with van der Waals surface area (Å²) in [6.07, 6.45) is 39.6. The molecule has 0 saturated heterocycles. The quantitative estimate of drug-likeness (QED) is 0.195. The SMILES string of the molecule is C1=CCC2C(=C1)C1(C3C=CC=CC23)C2C=C(c3ccccc3)C=CC2C2C=CC(N(c3cccc4ccccc34)C3CC=CC4Oc5ccccc5C43)=CC21. The van der Waals surface area contributed by atoms with Crippen LogP contribution in [-0.2, 0) is 0 Å². The minimum atomic E-state index is -0.0417. The number of fused-ring (bicyclic) bond motifs is 14. The summed E-state index contributed by atoms with van der Waals surface area (Å²) in [5.41, 5.74) is 8.28. The number of hydrogen-bond donors (Lipinski definition) is 0. The van der Waals surface area contributed by atoms with E-state index in [1.54, 1.807) is 5.57 Å². The van der Waals surface area contributed by atoms with E-state index in [2.05, 4.69) is 193 Å². The van der Waals surface area contributed by atoms with Gasteiger partial charge in [-0.15, -0.1) is 0 Å². The predicted octanol–water partition coefficient (Wildman–Crippen LogP) is 12.0. The van der Waals surface area contributed by atoms with Crippen LogP contribution < -0.4 is 9.64 Å². The number of anilines is 1. The number of para-hydroxylation sites is 1. The molecule has 1 spiro atoms. The number of hydrogen-bond acceptors (Lipinski definition) is 2. The molecule has 55 heavy (non-hydrogen) atoms. The van der Waals surface area contributed by atoms with Crippen LogP contribution in [0.15, 0.2) is 199 Å². The lowest BCUT2D eigenvalue weighted by Crippen LogP contribution is -2.45. The molecular weight excluding hydrogens is 667 g/mol. The van der Waals surface area contributed by atoms with E-state index < -0.39 is 0 Å². The summed E-state index contributed by atoms with van der Waals surface area (Å²) in [5, 5.41) is 2.58. The first-order valence-electron chi connectivity index (χ1n) is 20.6. The number of benzene rings is 4. The third-order valence-electron chi connectivity index (χ3n) is 14.7. The standard InChI is InChI=1S/C53H45NO/c1-2-14-34(15-3-1)36-28-30-41-42-31-29-37(33-47(42)53(46(41)32-36)44-22-9-6-19-39(44)40-20-7-10-23-45(40)53)54(48-24-12-17-35-16-4-5-18-38(35)48)49-25-13-27-51-52(49)43-21-8-11-26-50(43)55-51/h1-19,21-24,26-33,39-42,44,46-47,49,51-52H,20,25H2. The van der Waals surface area contributed by atoms with E-state index in [9.17, 15) is 0 Å². The smallest absolute Gasteiger partial charge is 0.126 e. The van der Waals surface area contributed by atoms with Crippen molar-refractivity contribution in [1.82, 2.24) is 0 Å². The highest BCUT2D eigenvalue weighted by molar-refractivity contribution is 5.95. The number of nitrogens with zero attached hydrogens (tertiary/aromatic N) is 1. The lowest BCUT2D eigenvalue weighted by molar-refractivity contribution is 0.171. The van der Waals surface area contributed by atoms with E-state index in [1.165, 1.54) is 38.9 Å². The van der Waals surface area contributed by atoms with Crippen LogP contribution in [-0.4, -0.2) is 12.1 Å². The fourth-order valence-corrected chi connectivity index (χ4v) is 12.8. The molecule has 0 amide bonds. The van der Waals surface area contributed by atoms with Crippen molar-refractivity contribution < 1.29 is 4.74 Å². The first-order valence-corrected chi connectivity index (χ1v) is 20.6. The highest BCUT2D eigenvalue weighted by Gasteiger charge is 2.68. The van der Waals surface area contributed by atoms with Crippen LogP contribution in [0, 0.1) is 46.8 Å². The predicted molar refractivity (Wildman–Crippen MR) is 225 cm³/mol. The van der Waals surface area contributed by atoms with Gasteiger partial charge in [0.1, 0.15) is 11.9 Å². The Bertz CT molecular complexity index is 2500. The minimum Gasteiger partial charge on any atom is -0.485 e. The van der Waals surface area contributed by atoms with Crippen LogP contribution in [0.4, 0.5) is 5.69 Å². The fraction of sp³-hybridized carbons (Fsp3) is 0.245. The van der Waals surface area contributed by atoms with Crippen LogP contribution in [0.5, 0.6) is 5.75 Å². The maximum absolute atomic E-state index is 6.68. The zero-order valence-corrected chi connectivity index (χ0v) is 30.9. The second-order valence-corrected chi connectivity index (χ2v) is 16.9. The maximum atomic E-state index is 6.68. The van der Waals surface area contributed by atoms with Crippen molar-refractivity contribution >= 4 is 22.0 Å². The number of ether oxygens (including phenoxy) is 1. The second kappa shape index (κ2) is 12.2. The van der Waals surface area contributed by atoms with Crippen molar-refractivity contribution in [2.75, 3.05) is 4.90 Å². The van der Waals surface area contributed by atoms with Crippen molar-refractivity contribution in [2.45, 2.75) is 30.9 Å². The Hall–Kier alpha value is -5.60. The van der Waals surface area contributed by atoms with Gasteiger partial charge < -0.3 is 9.64 Å². The van der Waals surface area contributed by atoms with Crippen LogP contribution in [0.25, 0.3) is 16.3 Å². The van der Waals surface area contributed by atoms with Gasteiger partial charge in [0.25, 0.3) is 0 Å². The first kappa shape index (κ1) is 31.7. The molecule has 268 valence electrons. The van der Waals surface area contributed by atoms with Crippen molar-refractivity contribution in [3.05, 3.63) is 211 Å². The molecule has 4 aromatic rings. The lowest BCUT2D eigenvalue weighted by Gasteiger charge is -2.46. The highest BCUT2D eigenvalue weighted by Crippen LogP contribution is 2.73. The third-order valence-corrected chi connectivity index (χ3v) is 14.7. The van der Waals surface area contributed by atoms with Crippen molar-refractivity contribution in [3.63, 3.8) is 0 Å². The van der Waals surface area contributed by atoms with Gasteiger partial charge in [-0.05, 0) is 95.1 Å². The summed E-state index contributed by atoms with van der Waals surface area (Å²) in [4.78, 5) is 2.74. The molecule has 8 aliphatic rings. The molecule has 0 N–H and O–H groups in total. The average Bonchev–Trinajstić information content (AvgIpc) is 3.88. The Morgan fingerprint density at radius 1 is 0.618 bits per heavy atom. The Morgan fingerprint density at radius 3 is 2.36 bits per heavy atom. The van der Waals surface area contributed by atoms with Gasteiger partial charge in [-0.1, -0.05) is 169 Å². The molecule has 7 aliphatic carbocycles. The average molecular weight is 712 g/mol. The van der Waals surface area contributed by atoms with Gasteiger partial charge in [-0.3, -0.25) is 0 Å². The van der Waals surface area contributed by atoms with E-state index >= 15 is 0 Å². The Morgan fingerprint density at radius 2 is 1.42 bits per heavy atom. The number of allylic oxidation sites excluding steroid dienone is 15.